The number of piperidine rings is 1. The van der Waals surface area contributed by atoms with Crippen LogP contribution in [0.3, 0.4) is 0 Å². The Hall–Kier alpha value is -2.78. The van der Waals surface area contributed by atoms with Gasteiger partial charge in [0.15, 0.2) is 11.5 Å². The molecule has 9 heteroatoms. The Bertz CT molecular complexity index is 1290. The van der Waals surface area contributed by atoms with Crippen molar-refractivity contribution in [3.8, 4) is 0 Å². The predicted octanol–water partition coefficient (Wildman–Crippen LogP) is 3.11. The first-order valence-corrected chi connectivity index (χ1v) is 13.0. The molecule has 1 unspecified atom stereocenters. The third-order valence-electron chi connectivity index (χ3n) is 7.09. The molecule has 2 aliphatic rings. The number of hydrogen-bond donors (Lipinski definition) is 0. The third kappa shape index (κ3) is 3.93. The van der Waals surface area contributed by atoms with Gasteiger partial charge in [0.05, 0.1) is 10.9 Å². The number of aryl methyl sites for hydroxylation is 2. The second-order valence-corrected chi connectivity index (χ2v) is 11.0. The van der Waals surface area contributed by atoms with Gasteiger partial charge in [0.1, 0.15) is 0 Å². The number of fused-ring (bicyclic) bond motifs is 1. The highest BCUT2D eigenvalue weighted by molar-refractivity contribution is 7.89. The van der Waals surface area contributed by atoms with Crippen molar-refractivity contribution in [2.45, 2.75) is 50.5 Å². The first-order valence-electron chi connectivity index (χ1n) is 11.5. The van der Waals surface area contributed by atoms with E-state index in [0.717, 1.165) is 35.4 Å². The van der Waals surface area contributed by atoms with E-state index in [4.69, 9.17) is 0 Å². The van der Waals surface area contributed by atoms with Crippen molar-refractivity contribution in [3.05, 3.63) is 59.5 Å². The van der Waals surface area contributed by atoms with Gasteiger partial charge in [0.25, 0.3) is 0 Å². The molecule has 174 valence electrons. The summed E-state index contributed by atoms with van der Waals surface area (Å²) in [6.45, 7) is 5.31. The molecular weight excluding hydrogens is 438 g/mol. The zero-order valence-electron chi connectivity index (χ0n) is 19.0. The maximum Gasteiger partial charge on any atom is 0.243 e. The zero-order chi connectivity index (χ0) is 23.2. The van der Waals surface area contributed by atoms with Crippen LogP contribution in [-0.2, 0) is 14.8 Å². The van der Waals surface area contributed by atoms with E-state index in [-0.39, 0.29) is 17.9 Å². The molecular formula is C24H29N5O3S. The second-order valence-electron chi connectivity index (χ2n) is 9.10. The Labute approximate surface area is 194 Å². The van der Waals surface area contributed by atoms with E-state index in [0.29, 0.717) is 37.4 Å². The highest BCUT2D eigenvalue weighted by atomic mass is 32.2. The standard InChI is InChI=1S/C24H29N5O3S/c1-17-8-9-20(16-18(17)2)33(31,32)27-14-10-19(11-15-27)24(30)28-13-5-6-21(28)23-26-25-22-7-3-4-12-29(22)23/h3-4,7-9,12,16,19,21H,5-6,10-11,13-15H2,1-2H3. The van der Waals surface area contributed by atoms with Gasteiger partial charge < -0.3 is 4.90 Å². The second kappa shape index (κ2) is 8.53. The smallest absolute Gasteiger partial charge is 0.243 e. The molecule has 0 saturated carbocycles. The van der Waals surface area contributed by atoms with Gasteiger partial charge in [-0.2, -0.15) is 4.31 Å². The third-order valence-corrected chi connectivity index (χ3v) is 8.99. The average molecular weight is 468 g/mol. The van der Waals surface area contributed by atoms with Crippen molar-refractivity contribution in [1.82, 2.24) is 23.8 Å². The number of hydrogen-bond acceptors (Lipinski definition) is 5. The summed E-state index contributed by atoms with van der Waals surface area (Å²) in [6, 6.07) is 10.9. The molecule has 2 aliphatic heterocycles. The largest absolute Gasteiger partial charge is 0.332 e. The molecule has 3 aromatic rings. The Morgan fingerprint density at radius 1 is 0.970 bits per heavy atom. The van der Waals surface area contributed by atoms with Gasteiger partial charge in [-0.15, -0.1) is 10.2 Å². The fourth-order valence-electron chi connectivity index (χ4n) is 4.99. The van der Waals surface area contributed by atoms with Crippen LogP contribution in [0.1, 0.15) is 48.7 Å². The average Bonchev–Trinajstić information content (AvgIpc) is 3.47. The van der Waals surface area contributed by atoms with Crippen LogP contribution < -0.4 is 0 Å². The van der Waals surface area contributed by atoms with E-state index in [1.54, 1.807) is 12.1 Å². The molecule has 0 aliphatic carbocycles. The summed E-state index contributed by atoms with van der Waals surface area (Å²) in [4.78, 5) is 15.7. The van der Waals surface area contributed by atoms with Crippen LogP contribution in [0.4, 0.5) is 0 Å². The molecule has 8 nitrogen and oxygen atoms in total. The lowest BCUT2D eigenvalue weighted by molar-refractivity contribution is -0.137. The first kappa shape index (κ1) is 22.0. The highest BCUT2D eigenvalue weighted by Gasteiger charge is 2.39. The Balaban J connectivity index is 1.29. The van der Waals surface area contributed by atoms with Gasteiger partial charge in [-0.3, -0.25) is 9.20 Å². The minimum Gasteiger partial charge on any atom is -0.332 e. The number of likely N-dealkylation sites (tertiary alicyclic amines) is 1. The van der Waals surface area contributed by atoms with E-state index in [2.05, 4.69) is 10.2 Å². The summed E-state index contributed by atoms with van der Waals surface area (Å²) >= 11 is 0. The molecule has 2 aromatic heterocycles. The lowest BCUT2D eigenvalue weighted by Gasteiger charge is -2.34. The van der Waals surface area contributed by atoms with E-state index in [1.165, 1.54) is 4.31 Å². The van der Waals surface area contributed by atoms with Crippen LogP contribution in [0, 0.1) is 19.8 Å². The molecule has 2 saturated heterocycles. The summed E-state index contributed by atoms with van der Waals surface area (Å²) in [6.07, 6.45) is 4.79. The van der Waals surface area contributed by atoms with E-state index < -0.39 is 10.0 Å². The number of aromatic nitrogens is 3. The van der Waals surface area contributed by atoms with Crippen LogP contribution in [-0.4, -0.2) is 57.8 Å². The topological polar surface area (TPSA) is 87.9 Å². The minimum atomic E-state index is -3.55. The van der Waals surface area contributed by atoms with E-state index in [9.17, 15) is 13.2 Å². The van der Waals surface area contributed by atoms with Crippen molar-refractivity contribution < 1.29 is 13.2 Å². The molecule has 0 bridgehead atoms. The maximum absolute atomic E-state index is 13.5. The van der Waals surface area contributed by atoms with Crippen LogP contribution in [0.15, 0.2) is 47.5 Å². The molecule has 1 aromatic carbocycles. The molecule has 0 radical (unpaired) electrons. The number of benzene rings is 1. The number of carbonyl (C=O) groups is 1. The number of carbonyl (C=O) groups excluding carboxylic acids is 1. The van der Waals surface area contributed by atoms with Crippen molar-refractivity contribution >= 4 is 21.6 Å². The summed E-state index contributed by atoms with van der Waals surface area (Å²) in [5.74, 6) is 0.732. The first-order chi connectivity index (χ1) is 15.9. The van der Waals surface area contributed by atoms with Gasteiger partial charge >= 0.3 is 0 Å². The van der Waals surface area contributed by atoms with Crippen LogP contribution in [0.2, 0.25) is 0 Å². The van der Waals surface area contributed by atoms with Gasteiger partial charge in [-0.1, -0.05) is 12.1 Å². The molecule has 4 heterocycles. The predicted molar refractivity (Wildman–Crippen MR) is 124 cm³/mol. The Morgan fingerprint density at radius 2 is 1.76 bits per heavy atom. The molecule has 0 spiro atoms. The summed E-state index contributed by atoms with van der Waals surface area (Å²) in [7, 11) is -3.55. The molecule has 2 fully saturated rings. The fourth-order valence-corrected chi connectivity index (χ4v) is 6.54. The van der Waals surface area contributed by atoms with Gasteiger partial charge in [0, 0.05) is 31.7 Å². The van der Waals surface area contributed by atoms with Crippen LogP contribution in [0.25, 0.3) is 5.65 Å². The number of rotatable bonds is 4. The van der Waals surface area contributed by atoms with Gasteiger partial charge in [-0.05, 0) is 74.9 Å². The molecule has 33 heavy (non-hydrogen) atoms. The quantitative estimate of drug-likeness (QED) is 0.588. The normalized spacial score (nSPS) is 20.5. The molecule has 5 rings (SSSR count). The van der Waals surface area contributed by atoms with Crippen LogP contribution >= 0.6 is 0 Å². The number of nitrogens with zero attached hydrogens (tertiary/aromatic N) is 5. The fraction of sp³-hybridized carbons (Fsp3) is 0.458. The summed E-state index contributed by atoms with van der Waals surface area (Å²) in [5.41, 5.74) is 2.80. The van der Waals surface area contributed by atoms with Gasteiger partial charge in [0.2, 0.25) is 15.9 Å². The molecule has 0 N–H and O–H groups in total. The number of amides is 1. The Kier molecular flexibility index (Phi) is 5.70. The van der Waals surface area contributed by atoms with Gasteiger partial charge in [-0.25, -0.2) is 8.42 Å². The number of pyridine rings is 1. The monoisotopic (exact) mass is 467 g/mol. The maximum atomic E-state index is 13.5. The van der Waals surface area contributed by atoms with Crippen molar-refractivity contribution in [3.63, 3.8) is 0 Å². The van der Waals surface area contributed by atoms with Crippen molar-refractivity contribution in [1.29, 1.82) is 0 Å². The van der Waals surface area contributed by atoms with E-state index >= 15 is 0 Å². The Morgan fingerprint density at radius 3 is 2.52 bits per heavy atom. The van der Waals surface area contributed by atoms with E-state index in [1.807, 2.05) is 53.6 Å². The summed E-state index contributed by atoms with van der Waals surface area (Å²) < 4.78 is 29.7. The lowest BCUT2D eigenvalue weighted by Crippen LogP contribution is -2.44. The minimum absolute atomic E-state index is 0.0906. The molecule has 1 atom stereocenters. The SMILES string of the molecule is Cc1ccc(S(=O)(=O)N2CCC(C(=O)N3CCCC3c3nnc4ccccn34)CC2)cc1C. The van der Waals surface area contributed by atoms with Crippen molar-refractivity contribution in [2.24, 2.45) is 5.92 Å². The summed E-state index contributed by atoms with van der Waals surface area (Å²) in [5, 5.41) is 8.63. The molecule has 1 amide bonds. The number of sulfonamides is 1. The lowest BCUT2D eigenvalue weighted by atomic mass is 9.96. The van der Waals surface area contributed by atoms with Crippen LogP contribution in [0.5, 0.6) is 0 Å². The highest BCUT2D eigenvalue weighted by Crippen LogP contribution is 2.34. The van der Waals surface area contributed by atoms with Crippen molar-refractivity contribution in [2.75, 3.05) is 19.6 Å². The zero-order valence-corrected chi connectivity index (χ0v) is 19.8.